The number of nitrogens with one attached hydrogen (secondary N) is 1. The van der Waals surface area contributed by atoms with Crippen LogP contribution in [0.5, 0.6) is 11.5 Å². The summed E-state index contributed by atoms with van der Waals surface area (Å²) in [7, 11) is 1.35. The standard InChI is InChI=1S/C17H25NO6/c1-9(2)13(15(20)21)10-7-11(14(19)12(8-10)23-6)18-16(22)24-17(3,4)5/h7-9,13,19H,1-6H3,(H,18,22)(H,20,21). The van der Waals surface area contributed by atoms with Crippen LogP contribution in [0.1, 0.15) is 46.1 Å². The third-order valence-electron chi connectivity index (χ3n) is 3.24. The first-order chi connectivity index (χ1) is 11.0. The highest BCUT2D eigenvalue weighted by atomic mass is 16.6. The largest absolute Gasteiger partial charge is 0.503 e. The molecule has 1 unspecified atom stereocenters. The summed E-state index contributed by atoms with van der Waals surface area (Å²) in [6, 6.07) is 2.87. The Morgan fingerprint density at radius 2 is 1.79 bits per heavy atom. The van der Waals surface area contributed by atoms with Crippen molar-refractivity contribution in [1.29, 1.82) is 0 Å². The first-order valence-corrected chi connectivity index (χ1v) is 7.60. The number of carboxylic acid groups (broad SMARTS) is 1. The van der Waals surface area contributed by atoms with Gasteiger partial charge in [0, 0.05) is 0 Å². The van der Waals surface area contributed by atoms with Crippen LogP contribution in [-0.2, 0) is 9.53 Å². The Morgan fingerprint density at radius 3 is 2.21 bits per heavy atom. The van der Waals surface area contributed by atoms with E-state index in [0.717, 1.165) is 0 Å². The number of rotatable bonds is 5. The molecule has 0 fully saturated rings. The zero-order valence-electron chi connectivity index (χ0n) is 14.8. The Morgan fingerprint density at radius 1 is 1.21 bits per heavy atom. The first kappa shape index (κ1) is 19.6. The maximum absolute atomic E-state index is 11.9. The molecule has 3 N–H and O–H groups in total. The van der Waals surface area contributed by atoms with Crippen LogP contribution in [-0.4, -0.2) is 35.0 Å². The van der Waals surface area contributed by atoms with Crippen LogP contribution in [0, 0.1) is 5.92 Å². The van der Waals surface area contributed by atoms with Crippen LogP contribution in [0.2, 0.25) is 0 Å². The minimum absolute atomic E-state index is 0.0329. The third kappa shape index (κ3) is 5.04. The third-order valence-corrected chi connectivity index (χ3v) is 3.24. The van der Waals surface area contributed by atoms with Crippen molar-refractivity contribution >= 4 is 17.7 Å². The molecule has 0 spiro atoms. The second-order valence-electron chi connectivity index (χ2n) is 6.81. The molecule has 1 atom stereocenters. The molecule has 0 saturated carbocycles. The molecule has 0 aliphatic carbocycles. The lowest BCUT2D eigenvalue weighted by molar-refractivity contribution is -0.139. The van der Waals surface area contributed by atoms with Crippen LogP contribution in [0.4, 0.5) is 10.5 Å². The summed E-state index contributed by atoms with van der Waals surface area (Å²) in [6.45, 7) is 8.69. The topological polar surface area (TPSA) is 105 Å². The first-order valence-electron chi connectivity index (χ1n) is 7.60. The SMILES string of the molecule is COc1cc(C(C(=O)O)C(C)C)cc(NC(=O)OC(C)(C)C)c1O. The maximum atomic E-state index is 11.9. The number of aliphatic carboxylic acids is 1. The number of carbonyl (C=O) groups is 2. The van der Waals surface area contributed by atoms with E-state index in [0.29, 0.717) is 5.56 Å². The van der Waals surface area contributed by atoms with Crippen molar-refractivity contribution < 1.29 is 29.3 Å². The zero-order chi connectivity index (χ0) is 18.7. The number of amides is 1. The Balaban J connectivity index is 3.27. The number of methoxy groups -OCH3 is 1. The molecule has 0 saturated heterocycles. The minimum Gasteiger partial charge on any atom is -0.503 e. The molecule has 1 aromatic carbocycles. The summed E-state index contributed by atoms with van der Waals surface area (Å²) in [6.07, 6.45) is -0.756. The number of anilines is 1. The van der Waals surface area contributed by atoms with Gasteiger partial charge in [-0.25, -0.2) is 4.79 Å². The van der Waals surface area contributed by atoms with E-state index in [1.54, 1.807) is 34.6 Å². The fourth-order valence-electron chi connectivity index (χ4n) is 2.29. The number of hydrogen-bond acceptors (Lipinski definition) is 5. The van der Waals surface area contributed by atoms with E-state index in [1.165, 1.54) is 19.2 Å². The summed E-state index contributed by atoms with van der Waals surface area (Å²) in [5.74, 6) is -2.21. The van der Waals surface area contributed by atoms with Crippen LogP contribution in [0.15, 0.2) is 12.1 Å². The van der Waals surface area contributed by atoms with Gasteiger partial charge in [0.2, 0.25) is 0 Å². The number of phenols is 1. The molecule has 1 aromatic rings. The number of carboxylic acids is 1. The van der Waals surface area contributed by atoms with E-state index in [9.17, 15) is 19.8 Å². The van der Waals surface area contributed by atoms with Gasteiger partial charge in [-0.15, -0.1) is 0 Å². The molecule has 1 amide bonds. The van der Waals surface area contributed by atoms with Crippen molar-refractivity contribution in [3.63, 3.8) is 0 Å². The number of phenolic OH excluding ortho intramolecular Hbond substituents is 1. The Kier molecular flexibility index (Phi) is 6.06. The molecule has 7 nitrogen and oxygen atoms in total. The molecule has 134 valence electrons. The zero-order valence-corrected chi connectivity index (χ0v) is 14.8. The van der Waals surface area contributed by atoms with Crippen molar-refractivity contribution in [1.82, 2.24) is 0 Å². The molecule has 0 radical (unpaired) electrons. The van der Waals surface area contributed by atoms with Crippen LogP contribution < -0.4 is 10.1 Å². The predicted octanol–water partition coefficient (Wildman–Crippen LogP) is 3.57. The molecular formula is C17H25NO6. The molecule has 0 aromatic heterocycles. The molecule has 0 bridgehead atoms. The number of benzene rings is 1. The molecule has 0 aliphatic heterocycles. The van der Waals surface area contributed by atoms with E-state index >= 15 is 0 Å². The van der Waals surface area contributed by atoms with Gasteiger partial charge < -0.3 is 19.7 Å². The number of carbonyl (C=O) groups excluding carboxylic acids is 1. The number of aromatic hydroxyl groups is 1. The summed E-state index contributed by atoms with van der Waals surface area (Å²) in [5.41, 5.74) is -0.258. The summed E-state index contributed by atoms with van der Waals surface area (Å²) in [5, 5.41) is 22.0. The second kappa shape index (κ2) is 7.42. The molecular weight excluding hydrogens is 314 g/mol. The minimum atomic E-state index is -0.999. The molecule has 7 heteroatoms. The van der Waals surface area contributed by atoms with Gasteiger partial charge in [-0.2, -0.15) is 0 Å². The summed E-state index contributed by atoms with van der Waals surface area (Å²) < 4.78 is 10.2. The summed E-state index contributed by atoms with van der Waals surface area (Å²) in [4.78, 5) is 23.5. The highest BCUT2D eigenvalue weighted by molar-refractivity contribution is 5.88. The van der Waals surface area contributed by atoms with E-state index in [-0.39, 0.29) is 23.1 Å². The second-order valence-corrected chi connectivity index (χ2v) is 6.81. The van der Waals surface area contributed by atoms with Gasteiger partial charge in [0.1, 0.15) is 5.60 Å². The lowest BCUT2D eigenvalue weighted by atomic mass is 9.88. The Labute approximate surface area is 141 Å². The quantitative estimate of drug-likeness (QED) is 0.708. The van der Waals surface area contributed by atoms with Gasteiger partial charge in [-0.05, 0) is 44.4 Å². The lowest BCUT2D eigenvalue weighted by Crippen LogP contribution is -2.27. The fourth-order valence-corrected chi connectivity index (χ4v) is 2.29. The van der Waals surface area contributed by atoms with Crippen LogP contribution in [0.3, 0.4) is 0 Å². The van der Waals surface area contributed by atoms with Gasteiger partial charge in [0.05, 0.1) is 18.7 Å². The number of hydrogen-bond donors (Lipinski definition) is 3. The van der Waals surface area contributed by atoms with E-state index in [1.807, 2.05) is 0 Å². The van der Waals surface area contributed by atoms with E-state index in [4.69, 9.17) is 9.47 Å². The average molecular weight is 339 g/mol. The monoisotopic (exact) mass is 339 g/mol. The Hall–Kier alpha value is -2.44. The number of ether oxygens (including phenoxy) is 2. The van der Waals surface area contributed by atoms with Crippen molar-refractivity contribution in [2.24, 2.45) is 5.92 Å². The lowest BCUT2D eigenvalue weighted by Gasteiger charge is -2.22. The normalized spacial score (nSPS) is 12.6. The fraction of sp³-hybridized carbons (Fsp3) is 0.529. The molecule has 24 heavy (non-hydrogen) atoms. The summed E-state index contributed by atoms with van der Waals surface area (Å²) >= 11 is 0. The Bertz CT molecular complexity index is 618. The molecule has 0 aliphatic rings. The smallest absolute Gasteiger partial charge is 0.412 e. The van der Waals surface area contributed by atoms with Gasteiger partial charge in [-0.1, -0.05) is 13.8 Å². The average Bonchev–Trinajstić information content (AvgIpc) is 2.39. The van der Waals surface area contributed by atoms with E-state index in [2.05, 4.69) is 5.32 Å². The van der Waals surface area contributed by atoms with Gasteiger partial charge in [-0.3, -0.25) is 10.1 Å². The van der Waals surface area contributed by atoms with Crippen LogP contribution in [0.25, 0.3) is 0 Å². The van der Waals surface area contributed by atoms with Gasteiger partial charge in [0.15, 0.2) is 11.5 Å². The van der Waals surface area contributed by atoms with Crippen molar-refractivity contribution in [3.8, 4) is 11.5 Å². The van der Waals surface area contributed by atoms with Gasteiger partial charge >= 0.3 is 12.1 Å². The van der Waals surface area contributed by atoms with Crippen LogP contribution >= 0.6 is 0 Å². The maximum Gasteiger partial charge on any atom is 0.412 e. The van der Waals surface area contributed by atoms with Crippen molar-refractivity contribution in [2.75, 3.05) is 12.4 Å². The molecule has 0 heterocycles. The van der Waals surface area contributed by atoms with Gasteiger partial charge in [0.25, 0.3) is 0 Å². The highest BCUT2D eigenvalue weighted by Crippen LogP contribution is 2.39. The van der Waals surface area contributed by atoms with E-state index < -0.39 is 23.6 Å². The van der Waals surface area contributed by atoms with Crippen molar-refractivity contribution in [2.45, 2.75) is 46.1 Å². The predicted molar refractivity (Wildman–Crippen MR) is 89.7 cm³/mol. The van der Waals surface area contributed by atoms with Crippen molar-refractivity contribution in [3.05, 3.63) is 17.7 Å². The molecule has 1 rings (SSSR count). The highest BCUT2D eigenvalue weighted by Gasteiger charge is 2.27.